The highest BCUT2D eigenvalue weighted by molar-refractivity contribution is 5.43. The molecule has 1 heterocycles. The number of hydrogen-bond acceptors (Lipinski definition) is 3. The van der Waals surface area contributed by atoms with Crippen LogP contribution in [-0.4, -0.2) is 12.7 Å². The van der Waals surface area contributed by atoms with Crippen LogP contribution in [0.2, 0.25) is 0 Å². The molecular weight excluding hydrogens is 162 g/mol. The summed E-state index contributed by atoms with van der Waals surface area (Å²) in [6.45, 7) is 4.81. The third kappa shape index (κ3) is 1.54. The summed E-state index contributed by atoms with van der Waals surface area (Å²) < 4.78 is 0. The van der Waals surface area contributed by atoms with Crippen molar-refractivity contribution in [2.45, 2.75) is 19.9 Å². The lowest BCUT2D eigenvalue weighted by atomic mass is 10.2. The van der Waals surface area contributed by atoms with E-state index in [9.17, 15) is 0 Å². The first-order valence-corrected chi connectivity index (χ1v) is 4.52. The lowest BCUT2D eigenvalue weighted by molar-refractivity contribution is 0.895. The maximum Gasteiger partial charge on any atom is 0.131 e. The summed E-state index contributed by atoms with van der Waals surface area (Å²) in [6, 6.07) is 6.48. The zero-order valence-electron chi connectivity index (χ0n) is 7.91. The van der Waals surface area contributed by atoms with Crippen molar-refractivity contribution in [1.82, 2.24) is 0 Å². The topological polar surface area (TPSA) is 36.8 Å². The van der Waals surface area contributed by atoms with Crippen LogP contribution >= 0.6 is 0 Å². The van der Waals surface area contributed by atoms with Crippen LogP contribution in [0.3, 0.4) is 0 Å². The van der Waals surface area contributed by atoms with E-state index < -0.39 is 0 Å². The van der Waals surface area contributed by atoms with E-state index in [0.717, 1.165) is 16.4 Å². The van der Waals surface area contributed by atoms with Crippen LogP contribution in [0, 0.1) is 0 Å². The van der Waals surface area contributed by atoms with Gasteiger partial charge in [-0.25, -0.2) is 0 Å². The molecule has 0 amide bonds. The Bertz CT molecular complexity index is 420. The molecule has 0 bridgehead atoms. The number of rotatable bonds is 2. The normalized spacial score (nSPS) is 13.5. The molecule has 0 radical (unpaired) electrons. The van der Waals surface area contributed by atoms with E-state index >= 15 is 0 Å². The monoisotopic (exact) mass is 175 g/mol. The van der Waals surface area contributed by atoms with E-state index in [-0.39, 0.29) is 0 Å². The molecule has 0 aliphatic carbocycles. The fourth-order valence-corrected chi connectivity index (χ4v) is 1.43. The Kier molecular flexibility index (Phi) is 2.00. The van der Waals surface area contributed by atoms with Crippen LogP contribution in [-0.2, 0) is 0 Å². The van der Waals surface area contributed by atoms with E-state index in [4.69, 9.17) is 0 Å². The number of hydrogen-bond donors (Lipinski definition) is 1. The van der Waals surface area contributed by atoms with E-state index in [1.165, 1.54) is 0 Å². The highest BCUT2D eigenvalue weighted by atomic mass is 15.0. The Labute approximate surface area is 77.2 Å². The van der Waals surface area contributed by atoms with Gasteiger partial charge in [0.25, 0.3) is 0 Å². The van der Waals surface area contributed by atoms with Gasteiger partial charge in [-0.15, -0.1) is 0 Å². The van der Waals surface area contributed by atoms with Crippen LogP contribution in [0.5, 0.6) is 0 Å². The van der Waals surface area contributed by atoms with Crippen molar-refractivity contribution in [3.63, 3.8) is 0 Å². The Balaban J connectivity index is 2.50. The Hall–Kier alpha value is -1.38. The highest BCUT2D eigenvalue weighted by Gasteiger charge is 2.02. The van der Waals surface area contributed by atoms with Gasteiger partial charge in [0.15, 0.2) is 0 Å². The molecule has 1 aromatic carbocycles. The van der Waals surface area contributed by atoms with Crippen molar-refractivity contribution >= 4 is 5.69 Å². The van der Waals surface area contributed by atoms with Gasteiger partial charge < -0.3 is 5.32 Å². The zero-order valence-corrected chi connectivity index (χ0v) is 7.91. The maximum absolute atomic E-state index is 4.32. The smallest absolute Gasteiger partial charge is 0.131 e. The van der Waals surface area contributed by atoms with Crippen molar-refractivity contribution in [2.24, 2.45) is 9.98 Å². The van der Waals surface area contributed by atoms with Crippen molar-refractivity contribution in [3.05, 3.63) is 28.9 Å². The highest BCUT2D eigenvalue weighted by Crippen LogP contribution is 1.99. The number of benzene rings is 1. The molecular formula is C10H13N3. The van der Waals surface area contributed by atoms with Crippen LogP contribution in [0.15, 0.2) is 28.2 Å². The third-order valence-electron chi connectivity index (χ3n) is 1.93. The molecule has 0 saturated carbocycles. The molecule has 1 N–H and O–H groups in total. The summed E-state index contributed by atoms with van der Waals surface area (Å²) in [7, 11) is 0. The van der Waals surface area contributed by atoms with Gasteiger partial charge in [-0.1, -0.05) is 6.07 Å². The third-order valence-corrected chi connectivity index (χ3v) is 1.93. The molecule has 3 heteroatoms. The molecule has 3 nitrogen and oxygen atoms in total. The average Bonchev–Trinajstić information content (AvgIpc) is 2.51. The molecule has 1 aliphatic heterocycles. The van der Waals surface area contributed by atoms with Gasteiger partial charge in [-0.2, -0.15) is 0 Å². The van der Waals surface area contributed by atoms with Gasteiger partial charge in [-0.3, -0.25) is 9.98 Å². The van der Waals surface area contributed by atoms with Crippen molar-refractivity contribution in [2.75, 3.05) is 12.0 Å². The summed E-state index contributed by atoms with van der Waals surface area (Å²) in [5.41, 5.74) is 1.09. The van der Waals surface area contributed by atoms with Gasteiger partial charge in [0.1, 0.15) is 12.0 Å². The predicted molar refractivity (Wildman–Crippen MR) is 52.4 cm³/mol. The fourth-order valence-electron chi connectivity index (χ4n) is 1.43. The van der Waals surface area contributed by atoms with Crippen LogP contribution < -0.4 is 16.0 Å². The lowest BCUT2D eigenvalue weighted by Gasteiger charge is -2.08. The summed E-state index contributed by atoms with van der Waals surface area (Å²) >= 11 is 0. The summed E-state index contributed by atoms with van der Waals surface area (Å²) in [6.07, 6.45) is 0. The lowest BCUT2D eigenvalue weighted by Crippen LogP contribution is -2.27. The standard InChI is InChI=1S/C10H13N3/c1-7(2)13-9-5-3-4-8-10(9)12-6-11-8/h3-5,7,13H,6H2,1-2H3. The summed E-state index contributed by atoms with van der Waals surface area (Å²) in [4.78, 5) is 8.58. The molecule has 68 valence electrons. The van der Waals surface area contributed by atoms with Gasteiger partial charge in [0.05, 0.1) is 11.0 Å². The van der Waals surface area contributed by atoms with E-state index in [2.05, 4.69) is 29.1 Å². The Morgan fingerprint density at radius 1 is 1.31 bits per heavy atom. The Morgan fingerprint density at radius 2 is 2.15 bits per heavy atom. The minimum atomic E-state index is 0.433. The number of fused-ring (bicyclic) bond motifs is 1. The molecule has 0 atom stereocenters. The van der Waals surface area contributed by atoms with Gasteiger partial charge >= 0.3 is 0 Å². The minimum Gasteiger partial charge on any atom is -0.381 e. The average molecular weight is 175 g/mol. The first-order valence-electron chi connectivity index (χ1n) is 4.52. The second-order valence-corrected chi connectivity index (χ2v) is 3.43. The molecule has 1 aliphatic rings. The fraction of sp³-hybridized carbons (Fsp3) is 0.400. The summed E-state index contributed by atoms with van der Waals surface area (Å²) in [5.74, 6) is 0. The quantitative estimate of drug-likeness (QED) is 0.706. The predicted octanol–water partition coefficient (Wildman–Crippen LogP) is 0.717. The first kappa shape index (κ1) is 8.23. The second kappa shape index (κ2) is 3.17. The maximum atomic E-state index is 4.32. The molecule has 0 fully saturated rings. The SMILES string of the molecule is CC(C)Nc1cccc2c1=NCN=2. The largest absolute Gasteiger partial charge is 0.381 e. The zero-order chi connectivity index (χ0) is 9.26. The molecule has 0 aromatic heterocycles. The molecule has 13 heavy (non-hydrogen) atoms. The van der Waals surface area contributed by atoms with Crippen molar-refractivity contribution in [1.29, 1.82) is 0 Å². The van der Waals surface area contributed by atoms with Gasteiger partial charge in [-0.05, 0) is 26.0 Å². The number of nitrogens with one attached hydrogen (secondary N) is 1. The first-order chi connectivity index (χ1) is 6.27. The van der Waals surface area contributed by atoms with Crippen LogP contribution in [0.1, 0.15) is 13.8 Å². The van der Waals surface area contributed by atoms with E-state index in [1.807, 2.05) is 18.2 Å². The van der Waals surface area contributed by atoms with Gasteiger partial charge in [0.2, 0.25) is 0 Å². The minimum absolute atomic E-state index is 0.433. The van der Waals surface area contributed by atoms with Crippen LogP contribution in [0.25, 0.3) is 0 Å². The second-order valence-electron chi connectivity index (χ2n) is 3.43. The number of para-hydroxylation sites is 1. The van der Waals surface area contributed by atoms with Crippen LogP contribution in [0.4, 0.5) is 5.69 Å². The molecule has 0 spiro atoms. The van der Waals surface area contributed by atoms with Gasteiger partial charge in [0, 0.05) is 6.04 Å². The molecule has 0 saturated heterocycles. The van der Waals surface area contributed by atoms with Crippen molar-refractivity contribution in [3.8, 4) is 0 Å². The molecule has 2 rings (SSSR count). The number of nitrogens with zero attached hydrogens (tertiary/aromatic N) is 2. The van der Waals surface area contributed by atoms with E-state index in [0.29, 0.717) is 12.7 Å². The molecule has 0 unspecified atom stereocenters. The number of anilines is 1. The summed E-state index contributed by atoms with van der Waals surface area (Å²) in [5, 5.41) is 5.37. The van der Waals surface area contributed by atoms with E-state index in [1.54, 1.807) is 0 Å². The Morgan fingerprint density at radius 3 is 2.92 bits per heavy atom. The van der Waals surface area contributed by atoms with Crippen molar-refractivity contribution < 1.29 is 0 Å². The molecule has 1 aromatic rings.